The first-order valence-corrected chi connectivity index (χ1v) is 8.32. The van der Waals surface area contributed by atoms with Crippen LogP contribution in [-0.2, 0) is 4.79 Å². The zero-order chi connectivity index (χ0) is 16.1. The van der Waals surface area contributed by atoms with Crippen LogP contribution >= 0.6 is 0 Å². The first-order valence-electron chi connectivity index (χ1n) is 8.32. The molecule has 4 nitrogen and oxygen atoms in total. The Kier molecular flexibility index (Phi) is 11.3. The van der Waals surface area contributed by atoms with Crippen LogP contribution in [0, 0.1) is 0 Å². The van der Waals surface area contributed by atoms with Crippen molar-refractivity contribution in [2.24, 2.45) is 0 Å². The van der Waals surface area contributed by atoms with Gasteiger partial charge in [-0.15, -0.1) is 0 Å². The first kappa shape index (κ1) is 20.1. The molecule has 0 unspecified atom stereocenters. The molecule has 0 aliphatic carbocycles. The summed E-state index contributed by atoms with van der Waals surface area (Å²) in [6.45, 7) is 7.55. The SMILES string of the molecule is CCC/C=C/CCCC(=O)N(CC)CC[N+](C)(C)CCO. The van der Waals surface area contributed by atoms with E-state index in [1.807, 2.05) is 11.8 Å². The van der Waals surface area contributed by atoms with E-state index >= 15 is 0 Å². The Hall–Kier alpha value is -0.870. The summed E-state index contributed by atoms with van der Waals surface area (Å²) in [6, 6.07) is 0. The van der Waals surface area contributed by atoms with E-state index in [0.29, 0.717) is 6.42 Å². The third-order valence-corrected chi connectivity index (χ3v) is 3.80. The van der Waals surface area contributed by atoms with Crippen LogP contribution in [0.25, 0.3) is 0 Å². The quantitative estimate of drug-likeness (QED) is 0.341. The number of carbonyl (C=O) groups excluding carboxylic acids is 1. The summed E-state index contributed by atoms with van der Waals surface area (Å²) in [5, 5.41) is 9.04. The van der Waals surface area contributed by atoms with Gasteiger partial charge in [0.25, 0.3) is 0 Å². The van der Waals surface area contributed by atoms with E-state index in [0.717, 1.165) is 49.9 Å². The Morgan fingerprint density at radius 3 is 2.38 bits per heavy atom. The van der Waals surface area contributed by atoms with E-state index in [2.05, 4.69) is 33.2 Å². The minimum atomic E-state index is 0.192. The molecule has 124 valence electrons. The number of unbranched alkanes of at least 4 members (excludes halogenated alkanes) is 2. The maximum atomic E-state index is 12.2. The number of amides is 1. The Bertz CT molecular complexity index is 301. The highest BCUT2D eigenvalue weighted by Crippen LogP contribution is 2.05. The molecule has 0 saturated heterocycles. The fourth-order valence-electron chi connectivity index (χ4n) is 2.16. The molecule has 0 saturated carbocycles. The van der Waals surface area contributed by atoms with Crippen LogP contribution in [0.4, 0.5) is 0 Å². The maximum absolute atomic E-state index is 12.2. The van der Waals surface area contributed by atoms with E-state index < -0.39 is 0 Å². The summed E-state index contributed by atoms with van der Waals surface area (Å²) in [5.41, 5.74) is 0. The van der Waals surface area contributed by atoms with Crippen molar-refractivity contribution in [3.8, 4) is 0 Å². The average Bonchev–Trinajstić information content (AvgIpc) is 2.43. The van der Waals surface area contributed by atoms with Crippen LogP contribution in [0.15, 0.2) is 12.2 Å². The summed E-state index contributed by atoms with van der Waals surface area (Å²) < 4.78 is 0.750. The molecule has 0 atom stereocenters. The molecule has 0 spiro atoms. The number of rotatable bonds is 12. The maximum Gasteiger partial charge on any atom is 0.222 e. The second-order valence-corrected chi connectivity index (χ2v) is 6.23. The molecule has 0 fully saturated rings. The second kappa shape index (κ2) is 11.8. The number of carbonyl (C=O) groups is 1. The van der Waals surface area contributed by atoms with Crippen molar-refractivity contribution >= 4 is 5.91 Å². The zero-order valence-electron chi connectivity index (χ0n) is 14.5. The predicted molar refractivity (Wildman–Crippen MR) is 89.1 cm³/mol. The van der Waals surface area contributed by atoms with Crippen LogP contribution in [-0.4, -0.2) is 67.3 Å². The number of allylic oxidation sites excluding steroid dienone is 2. The Morgan fingerprint density at radius 2 is 1.81 bits per heavy atom. The van der Waals surface area contributed by atoms with Crippen molar-refractivity contribution in [2.75, 3.05) is 46.9 Å². The molecule has 0 aliphatic rings. The van der Waals surface area contributed by atoms with E-state index in [1.54, 1.807) is 0 Å². The van der Waals surface area contributed by atoms with E-state index in [4.69, 9.17) is 5.11 Å². The van der Waals surface area contributed by atoms with Gasteiger partial charge in [0.1, 0.15) is 6.54 Å². The lowest BCUT2D eigenvalue weighted by atomic mass is 10.2. The molecule has 0 rings (SSSR count). The van der Waals surface area contributed by atoms with Crippen molar-refractivity contribution < 1.29 is 14.4 Å². The van der Waals surface area contributed by atoms with Crippen LogP contribution < -0.4 is 0 Å². The first-order chi connectivity index (χ1) is 9.96. The van der Waals surface area contributed by atoms with E-state index in [-0.39, 0.29) is 12.5 Å². The van der Waals surface area contributed by atoms with Gasteiger partial charge in [0.05, 0.1) is 33.8 Å². The minimum absolute atomic E-state index is 0.192. The molecule has 1 N–H and O–H groups in total. The molecular formula is C17H35N2O2+. The number of quaternary nitrogens is 1. The summed E-state index contributed by atoms with van der Waals surface area (Å²) in [7, 11) is 4.18. The van der Waals surface area contributed by atoms with Crippen molar-refractivity contribution in [1.82, 2.24) is 4.90 Å². The smallest absolute Gasteiger partial charge is 0.222 e. The second-order valence-electron chi connectivity index (χ2n) is 6.23. The normalized spacial score (nSPS) is 12.0. The standard InChI is InChI=1S/C17H35N2O2/c1-5-7-8-9-10-11-12-17(21)18(6-2)13-14-19(3,4)15-16-20/h8-9,20H,5-7,10-16H2,1-4H3/q+1/b9-8+. The average molecular weight is 299 g/mol. The molecule has 0 bridgehead atoms. The number of aliphatic hydroxyl groups is 1. The van der Waals surface area contributed by atoms with Gasteiger partial charge >= 0.3 is 0 Å². The van der Waals surface area contributed by atoms with E-state index in [9.17, 15) is 4.79 Å². The largest absolute Gasteiger partial charge is 0.391 e. The third-order valence-electron chi connectivity index (χ3n) is 3.80. The number of nitrogens with zero attached hydrogens (tertiary/aromatic N) is 2. The number of hydrogen-bond donors (Lipinski definition) is 1. The molecule has 4 heteroatoms. The molecule has 0 heterocycles. The van der Waals surface area contributed by atoms with Crippen molar-refractivity contribution in [1.29, 1.82) is 0 Å². The molecule has 0 aliphatic heterocycles. The molecule has 21 heavy (non-hydrogen) atoms. The number of aliphatic hydroxyl groups excluding tert-OH is 1. The highest BCUT2D eigenvalue weighted by Gasteiger charge is 2.18. The summed E-state index contributed by atoms with van der Waals surface area (Å²) in [5.74, 6) is 0.255. The van der Waals surface area contributed by atoms with Crippen molar-refractivity contribution in [3.63, 3.8) is 0 Å². The van der Waals surface area contributed by atoms with Gasteiger partial charge in [-0.1, -0.05) is 25.5 Å². The van der Waals surface area contributed by atoms with Gasteiger partial charge in [0, 0.05) is 13.0 Å². The van der Waals surface area contributed by atoms with Gasteiger partial charge in [-0.3, -0.25) is 4.79 Å². The van der Waals surface area contributed by atoms with Gasteiger partial charge in [0.15, 0.2) is 0 Å². The van der Waals surface area contributed by atoms with Gasteiger partial charge in [0.2, 0.25) is 5.91 Å². The fourth-order valence-corrected chi connectivity index (χ4v) is 2.16. The van der Waals surface area contributed by atoms with Crippen LogP contribution in [0.1, 0.15) is 46.0 Å². The Labute approximate surface area is 131 Å². The monoisotopic (exact) mass is 299 g/mol. The van der Waals surface area contributed by atoms with Gasteiger partial charge in [-0.05, 0) is 26.2 Å². The molecule has 0 aromatic heterocycles. The Balaban J connectivity index is 4.01. The summed E-state index contributed by atoms with van der Waals surface area (Å²) >= 11 is 0. The molecular weight excluding hydrogens is 264 g/mol. The topological polar surface area (TPSA) is 40.5 Å². The highest BCUT2D eigenvalue weighted by atomic mass is 16.3. The summed E-state index contributed by atoms with van der Waals surface area (Å²) in [4.78, 5) is 14.1. The lowest BCUT2D eigenvalue weighted by Crippen LogP contribution is -2.48. The number of likely N-dealkylation sites (N-methyl/N-ethyl adjacent to an activating group) is 2. The van der Waals surface area contributed by atoms with Crippen molar-refractivity contribution in [3.05, 3.63) is 12.2 Å². The van der Waals surface area contributed by atoms with Crippen LogP contribution in [0.3, 0.4) is 0 Å². The molecule has 1 amide bonds. The summed E-state index contributed by atoms with van der Waals surface area (Å²) in [6.07, 6.45) is 9.27. The lowest BCUT2D eigenvalue weighted by molar-refractivity contribution is -0.890. The molecule has 0 radical (unpaired) electrons. The highest BCUT2D eigenvalue weighted by molar-refractivity contribution is 5.76. The van der Waals surface area contributed by atoms with Gasteiger partial charge in [-0.25, -0.2) is 0 Å². The predicted octanol–water partition coefficient (Wildman–Crippen LogP) is 2.43. The van der Waals surface area contributed by atoms with Crippen LogP contribution in [0.2, 0.25) is 0 Å². The molecule has 0 aromatic rings. The van der Waals surface area contributed by atoms with Crippen LogP contribution in [0.5, 0.6) is 0 Å². The fraction of sp³-hybridized carbons (Fsp3) is 0.824. The third kappa shape index (κ3) is 10.5. The van der Waals surface area contributed by atoms with E-state index in [1.165, 1.54) is 6.42 Å². The zero-order valence-corrected chi connectivity index (χ0v) is 14.5. The number of hydrogen-bond acceptors (Lipinski definition) is 2. The van der Waals surface area contributed by atoms with Crippen molar-refractivity contribution in [2.45, 2.75) is 46.0 Å². The van der Waals surface area contributed by atoms with Gasteiger partial charge in [-0.2, -0.15) is 0 Å². The lowest BCUT2D eigenvalue weighted by Gasteiger charge is -2.32. The minimum Gasteiger partial charge on any atom is -0.391 e. The Morgan fingerprint density at radius 1 is 1.14 bits per heavy atom. The van der Waals surface area contributed by atoms with Gasteiger partial charge < -0.3 is 14.5 Å². The molecule has 0 aromatic carbocycles.